The SMILES string of the molecule is CC(C)[C@@H](NC(=O)OCc1ccccc1)C(=O)N[C@H](Cc1ccc(Br)cc1)C(=O)O. The molecule has 160 valence electrons. The molecule has 0 fully saturated rings. The van der Waals surface area contributed by atoms with Gasteiger partial charge in [-0.05, 0) is 29.2 Å². The third kappa shape index (κ3) is 7.51. The van der Waals surface area contributed by atoms with E-state index in [1.54, 1.807) is 38.1 Å². The Morgan fingerprint density at radius 2 is 1.60 bits per heavy atom. The second kappa shape index (κ2) is 11.3. The molecule has 0 aliphatic carbocycles. The van der Waals surface area contributed by atoms with Crippen molar-refractivity contribution in [2.45, 2.75) is 39.0 Å². The zero-order valence-electron chi connectivity index (χ0n) is 16.8. The largest absolute Gasteiger partial charge is 0.480 e. The Balaban J connectivity index is 1.97. The van der Waals surface area contributed by atoms with Gasteiger partial charge in [0.1, 0.15) is 18.7 Å². The summed E-state index contributed by atoms with van der Waals surface area (Å²) in [6, 6.07) is 14.3. The van der Waals surface area contributed by atoms with Gasteiger partial charge in [0, 0.05) is 10.9 Å². The highest BCUT2D eigenvalue weighted by Gasteiger charge is 2.29. The highest BCUT2D eigenvalue weighted by molar-refractivity contribution is 9.10. The van der Waals surface area contributed by atoms with Crippen LogP contribution in [0.15, 0.2) is 59.1 Å². The number of carboxylic acid groups (broad SMARTS) is 1. The van der Waals surface area contributed by atoms with Crippen LogP contribution >= 0.6 is 15.9 Å². The van der Waals surface area contributed by atoms with E-state index >= 15 is 0 Å². The Hall–Kier alpha value is -2.87. The van der Waals surface area contributed by atoms with Gasteiger partial charge in [0.05, 0.1) is 0 Å². The minimum absolute atomic E-state index is 0.0699. The fourth-order valence-corrected chi connectivity index (χ4v) is 3.01. The van der Waals surface area contributed by atoms with Crippen molar-refractivity contribution in [2.24, 2.45) is 5.92 Å². The third-order valence-electron chi connectivity index (χ3n) is 4.40. The van der Waals surface area contributed by atoms with Gasteiger partial charge < -0.3 is 20.5 Å². The van der Waals surface area contributed by atoms with E-state index in [4.69, 9.17) is 4.74 Å². The predicted octanol–water partition coefficient (Wildman–Crippen LogP) is 3.51. The Morgan fingerprint density at radius 3 is 2.17 bits per heavy atom. The smallest absolute Gasteiger partial charge is 0.408 e. The molecule has 30 heavy (non-hydrogen) atoms. The lowest BCUT2D eigenvalue weighted by atomic mass is 10.0. The lowest BCUT2D eigenvalue weighted by molar-refractivity contribution is -0.142. The topological polar surface area (TPSA) is 105 Å². The maximum absolute atomic E-state index is 12.7. The fourth-order valence-electron chi connectivity index (χ4n) is 2.74. The number of carbonyl (C=O) groups is 3. The van der Waals surface area contributed by atoms with Crippen molar-refractivity contribution >= 4 is 33.9 Å². The van der Waals surface area contributed by atoms with E-state index in [1.165, 1.54) is 0 Å². The molecule has 0 bridgehead atoms. The van der Waals surface area contributed by atoms with Gasteiger partial charge in [-0.1, -0.05) is 72.2 Å². The highest BCUT2D eigenvalue weighted by atomic mass is 79.9. The van der Waals surface area contributed by atoms with Crippen LogP contribution in [-0.2, 0) is 27.4 Å². The molecule has 0 radical (unpaired) electrons. The van der Waals surface area contributed by atoms with Crippen LogP contribution in [-0.4, -0.2) is 35.2 Å². The van der Waals surface area contributed by atoms with Crippen molar-refractivity contribution in [3.8, 4) is 0 Å². The molecule has 0 aliphatic rings. The molecule has 2 amide bonds. The van der Waals surface area contributed by atoms with Crippen LogP contribution in [0, 0.1) is 5.92 Å². The molecule has 2 rings (SSSR count). The molecular formula is C22H25BrN2O5. The van der Waals surface area contributed by atoms with Gasteiger partial charge in [-0.15, -0.1) is 0 Å². The molecule has 2 aromatic carbocycles. The second-order valence-corrected chi connectivity index (χ2v) is 8.07. The molecular weight excluding hydrogens is 452 g/mol. The Labute approximate surface area is 183 Å². The van der Waals surface area contributed by atoms with Crippen molar-refractivity contribution in [3.05, 3.63) is 70.2 Å². The first-order valence-corrected chi connectivity index (χ1v) is 10.3. The lowest BCUT2D eigenvalue weighted by Gasteiger charge is -2.24. The standard InChI is InChI=1S/C22H25BrN2O5/c1-14(2)19(25-22(29)30-13-16-6-4-3-5-7-16)20(26)24-18(21(27)28)12-15-8-10-17(23)11-9-15/h3-11,14,18-19H,12-13H2,1-2H3,(H,24,26)(H,25,29)(H,27,28)/t18-,19-/m1/s1. The van der Waals surface area contributed by atoms with Crippen molar-refractivity contribution < 1.29 is 24.2 Å². The first-order valence-electron chi connectivity index (χ1n) is 9.51. The number of halogens is 1. The molecule has 7 nitrogen and oxygen atoms in total. The van der Waals surface area contributed by atoms with Gasteiger partial charge in [0.2, 0.25) is 5.91 Å². The van der Waals surface area contributed by atoms with Gasteiger partial charge in [-0.25, -0.2) is 9.59 Å². The number of aliphatic carboxylic acids is 1. The van der Waals surface area contributed by atoms with Gasteiger partial charge in [-0.2, -0.15) is 0 Å². The van der Waals surface area contributed by atoms with Gasteiger partial charge in [-0.3, -0.25) is 4.79 Å². The number of benzene rings is 2. The average molecular weight is 477 g/mol. The minimum Gasteiger partial charge on any atom is -0.480 e. The Kier molecular flexibility index (Phi) is 8.86. The average Bonchev–Trinajstić information content (AvgIpc) is 2.71. The maximum atomic E-state index is 12.7. The molecule has 0 aliphatic heterocycles. The van der Waals surface area contributed by atoms with Crippen molar-refractivity contribution in [3.63, 3.8) is 0 Å². The number of nitrogens with one attached hydrogen (secondary N) is 2. The molecule has 3 N–H and O–H groups in total. The van der Waals surface area contributed by atoms with Crippen LogP contribution in [0.4, 0.5) is 4.79 Å². The summed E-state index contributed by atoms with van der Waals surface area (Å²) in [5.74, 6) is -2.00. The molecule has 8 heteroatoms. The molecule has 0 saturated carbocycles. The van der Waals surface area contributed by atoms with Gasteiger partial charge in [0.15, 0.2) is 0 Å². The monoisotopic (exact) mass is 476 g/mol. The first-order chi connectivity index (χ1) is 14.3. The van der Waals surface area contributed by atoms with Crippen molar-refractivity contribution in [2.75, 3.05) is 0 Å². The van der Waals surface area contributed by atoms with E-state index in [-0.39, 0.29) is 18.9 Å². The summed E-state index contributed by atoms with van der Waals surface area (Å²) < 4.78 is 6.04. The van der Waals surface area contributed by atoms with E-state index in [0.717, 1.165) is 15.6 Å². The van der Waals surface area contributed by atoms with Crippen molar-refractivity contribution in [1.82, 2.24) is 10.6 Å². The quantitative estimate of drug-likeness (QED) is 0.513. The number of hydrogen-bond donors (Lipinski definition) is 3. The summed E-state index contributed by atoms with van der Waals surface area (Å²) in [7, 11) is 0. The zero-order valence-corrected chi connectivity index (χ0v) is 18.4. The number of alkyl carbamates (subject to hydrolysis) is 1. The van der Waals surface area contributed by atoms with Gasteiger partial charge in [0.25, 0.3) is 0 Å². The molecule has 0 unspecified atom stereocenters. The van der Waals surface area contributed by atoms with E-state index in [2.05, 4.69) is 26.6 Å². The van der Waals surface area contributed by atoms with E-state index in [0.29, 0.717) is 0 Å². The van der Waals surface area contributed by atoms with E-state index < -0.39 is 30.1 Å². The van der Waals surface area contributed by atoms with Crippen LogP contribution in [0.1, 0.15) is 25.0 Å². The van der Waals surface area contributed by atoms with Crippen LogP contribution in [0.3, 0.4) is 0 Å². The van der Waals surface area contributed by atoms with Crippen LogP contribution < -0.4 is 10.6 Å². The summed E-state index contributed by atoms with van der Waals surface area (Å²) in [6.45, 7) is 3.58. The molecule has 0 heterocycles. The van der Waals surface area contributed by atoms with Crippen LogP contribution in [0.25, 0.3) is 0 Å². The normalized spacial score (nSPS) is 12.7. The summed E-state index contributed by atoms with van der Waals surface area (Å²) >= 11 is 3.33. The summed E-state index contributed by atoms with van der Waals surface area (Å²) in [5.41, 5.74) is 1.58. The molecule has 2 aromatic rings. The summed E-state index contributed by atoms with van der Waals surface area (Å²) in [5, 5.41) is 14.6. The van der Waals surface area contributed by atoms with Crippen LogP contribution in [0.2, 0.25) is 0 Å². The number of carbonyl (C=O) groups excluding carboxylic acids is 2. The first kappa shape index (κ1) is 23.4. The minimum atomic E-state index is -1.15. The van der Waals surface area contributed by atoms with E-state index in [1.807, 2.05) is 30.3 Å². The summed E-state index contributed by atoms with van der Waals surface area (Å²) in [4.78, 5) is 36.5. The number of carboxylic acids is 1. The Morgan fingerprint density at radius 1 is 0.967 bits per heavy atom. The molecule has 0 saturated heterocycles. The Bertz CT molecular complexity index is 856. The van der Waals surface area contributed by atoms with Crippen LogP contribution in [0.5, 0.6) is 0 Å². The van der Waals surface area contributed by atoms with Crippen molar-refractivity contribution in [1.29, 1.82) is 0 Å². The number of hydrogen-bond acceptors (Lipinski definition) is 4. The third-order valence-corrected chi connectivity index (χ3v) is 4.93. The maximum Gasteiger partial charge on any atom is 0.408 e. The number of amides is 2. The second-order valence-electron chi connectivity index (χ2n) is 7.16. The fraction of sp³-hybridized carbons (Fsp3) is 0.318. The molecule has 0 aromatic heterocycles. The predicted molar refractivity (Wildman–Crippen MR) is 116 cm³/mol. The molecule has 2 atom stereocenters. The summed E-state index contributed by atoms with van der Waals surface area (Å²) in [6.07, 6.45) is -0.620. The van der Waals surface area contributed by atoms with Gasteiger partial charge >= 0.3 is 12.1 Å². The number of rotatable bonds is 9. The zero-order chi connectivity index (χ0) is 22.1. The van der Waals surface area contributed by atoms with E-state index in [9.17, 15) is 19.5 Å². The highest BCUT2D eigenvalue weighted by Crippen LogP contribution is 2.13. The number of ether oxygens (including phenoxy) is 1. The molecule has 0 spiro atoms. The lowest BCUT2D eigenvalue weighted by Crippen LogP contribution is -2.54.